The minimum Gasteiger partial charge on any atom is -0.289 e. The van der Waals surface area contributed by atoms with Crippen molar-refractivity contribution >= 4 is 17.4 Å². The number of hydrogen-bond donors (Lipinski definition) is 1. The number of hydrogen-bond acceptors (Lipinski definition) is 2. The number of nitrogens with one attached hydrogen (secondary N) is 1. The number of amides is 2. The minimum absolute atomic E-state index is 0.313. The van der Waals surface area contributed by atoms with Crippen molar-refractivity contribution in [2.45, 2.75) is 20.3 Å². The van der Waals surface area contributed by atoms with Gasteiger partial charge < -0.3 is 0 Å². The van der Waals surface area contributed by atoms with Gasteiger partial charge in [-0.2, -0.15) is 0 Å². The molecule has 0 unspecified atom stereocenters. The van der Waals surface area contributed by atoms with E-state index in [1.807, 2.05) is 24.3 Å². The Bertz CT molecular complexity index is 483. The molecule has 0 fully saturated rings. The van der Waals surface area contributed by atoms with Gasteiger partial charge in [-0.25, -0.2) is 0 Å². The summed E-state index contributed by atoms with van der Waals surface area (Å²) in [5.41, 5.74) is 2.49. The third-order valence-corrected chi connectivity index (χ3v) is 2.67. The summed E-state index contributed by atoms with van der Waals surface area (Å²) in [6, 6.07) is 7.79. The van der Waals surface area contributed by atoms with Gasteiger partial charge in [-0.3, -0.25) is 14.9 Å². The summed E-state index contributed by atoms with van der Waals surface area (Å²) in [5.74, 6) is -0.0423. The van der Waals surface area contributed by atoms with Gasteiger partial charge in [0.25, 0.3) is 11.8 Å². The molecule has 0 saturated carbocycles. The van der Waals surface area contributed by atoms with Crippen molar-refractivity contribution in [3.8, 4) is 0 Å². The first kappa shape index (κ1) is 11.6. The molecule has 1 aromatic rings. The minimum atomic E-state index is -0.337. The van der Waals surface area contributed by atoms with E-state index in [1.54, 1.807) is 0 Å². The van der Waals surface area contributed by atoms with E-state index in [0.717, 1.165) is 12.0 Å². The molecule has 1 heterocycles. The molecule has 0 radical (unpaired) electrons. The first-order valence-electron chi connectivity index (χ1n) is 5.72. The van der Waals surface area contributed by atoms with Gasteiger partial charge in [0.2, 0.25) is 0 Å². The molecule has 2 amide bonds. The Labute approximate surface area is 101 Å². The smallest absolute Gasteiger partial charge is 0.258 e. The third kappa shape index (κ3) is 2.61. The summed E-state index contributed by atoms with van der Waals surface area (Å²) in [6.45, 7) is 4.33. The Balaban J connectivity index is 2.21. The molecule has 1 aromatic carbocycles. The van der Waals surface area contributed by atoms with Gasteiger partial charge in [0.05, 0.1) is 5.57 Å². The second-order valence-corrected chi connectivity index (χ2v) is 4.67. The van der Waals surface area contributed by atoms with E-state index < -0.39 is 0 Å². The van der Waals surface area contributed by atoms with Gasteiger partial charge in [-0.05, 0) is 23.5 Å². The van der Waals surface area contributed by atoms with Gasteiger partial charge in [-0.1, -0.05) is 38.1 Å². The predicted octanol–water partition coefficient (Wildman–Crippen LogP) is 1.92. The quantitative estimate of drug-likeness (QED) is 0.805. The van der Waals surface area contributed by atoms with Crippen molar-refractivity contribution in [3.63, 3.8) is 0 Å². The van der Waals surface area contributed by atoms with Crippen molar-refractivity contribution in [1.29, 1.82) is 0 Å². The lowest BCUT2D eigenvalue weighted by Crippen LogP contribution is -2.21. The highest BCUT2D eigenvalue weighted by atomic mass is 16.2. The molecule has 0 saturated heterocycles. The van der Waals surface area contributed by atoms with Crippen LogP contribution in [0.2, 0.25) is 0 Å². The maximum absolute atomic E-state index is 11.4. The molecule has 1 aliphatic heterocycles. The lowest BCUT2D eigenvalue weighted by Gasteiger charge is -2.06. The summed E-state index contributed by atoms with van der Waals surface area (Å²) in [4.78, 5) is 22.5. The second kappa shape index (κ2) is 4.53. The van der Waals surface area contributed by atoms with E-state index in [9.17, 15) is 9.59 Å². The normalized spacial score (nSPS) is 15.1. The lowest BCUT2D eigenvalue weighted by atomic mass is 9.99. The van der Waals surface area contributed by atoms with Crippen LogP contribution in [-0.2, 0) is 16.0 Å². The van der Waals surface area contributed by atoms with E-state index in [-0.39, 0.29) is 11.8 Å². The zero-order valence-electron chi connectivity index (χ0n) is 9.99. The van der Waals surface area contributed by atoms with Crippen molar-refractivity contribution in [3.05, 3.63) is 41.5 Å². The maximum atomic E-state index is 11.4. The summed E-state index contributed by atoms with van der Waals surface area (Å²) in [7, 11) is 0. The molecule has 0 aromatic heterocycles. The largest absolute Gasteiger partial charge is 0.289 e. The van der Waals surface area contributed by atoms with Gasteiger partial charge in [0.15, 0.2) is 0 Å². The Morgan fingerprint density at radius 3 is 2.24 bits per heavy atom. The average molecular weight is 229 g/mol. The van der Waals surface area contributed by atoms with Crippen LogP contribution in [0.3, 0.4) is 0 Å². The van der Waals surface area contributed by atoms with Crippen molar-refractivity contribution in [2.75, 3.05) is 0 Å². The number of carbonyl (C=O) groups is 2. The lowest BCUT2D eigenvalue weighted by molar-refractivity contribution is -0.123. The van der Waals surface area contributed by atoms with Crippen LogP contribution >= 0.6 is 0 Å². The predicted molar refractivity (Wildman–Crippen MR) is 66.1 cm³/mol. The van der Waals surface area contributed by atoms with Crippen LogP contribution in [0.4, 0.5) is 0 Å². The van der Waals surface area contributed by atoms with E-state index in [4.69, 9.17) is 0 Å². The molecule has 3 heteroatoms. The Morgan fingerprint density at radius 1 is 1.12 bits per heavy atom. The summed E-state index contributed by atoms with van der Waals surface area (Å²) >= 11 is 0. The van der Waals surface area contributed by atoms with Crippen LogP contribution in [0.15, 0.2) is 30.3 Å². The van der Waals surface area contributed by atoms with Crippen LogP contribution < -0.4 is 5.32 Å². The van der Waals surface area contributed by atoms with E-state index in [0.29, 0.717) is 11.5 Å². The number of rotatable bonds is 3. The van der Waals surface area contributed by atoms with Gasteiger partial charge >= 0.3 is 0 Å². The van der Waals surface area contributed by atoms with Crippen molar-refractivity contribution in [1.82, 2.24) is 5.32 Å². The molecule has 0 aliphatic carbocycles. The standard InChI is InChI=1S/C14H15NO2/c1-9(2)7-10-3-5-11(6-4-10)12-8-13(16)15-14(12)17/h3-6,8-9H,7H2,1-2H3,(H,15,16,17). The third-order valence-electron chi connectivity index (χ3n) is 2.67. The molecule has 3 nitrogen and oxygen atoms in total. The zero-order chi connectivity index (χ0) is 12.4. The molecule has 0 bridgehead atoms. The molecule has 1 N–H and O–H groups in total. The average Bonchev–Trinajstić information content (AvgIpc) is 2.58. The van der Waals surface area contributed by atoms with Crippen LogP contribution in [-0.4, -0.2) is 11.8 Å². The summed E-state index contributed by atoms with van der Waals surface area (Å²) in [6.07, 6.45) is 2.37. The molecular weight excluding hydrogens is 214 g/mol. The fourth-order valence-corrected chi connectivity index (χ4v) is 1.92. The van der Waals surface area contributed by atoms with Gasteiger partial charge in [0, 0.05) is 6.08 Å². The SMILES string of the molecule is CC(C)Cc1ccc(C2=CC(=O)NC2=O)cc1. The van der Waals surface area contributed by atoms with E-state index >= 15 is 0 Å². The van der Waals surface area contributed by atoms with E-state index in [2.05, 4.69) is 19.2 Å². The zero-order valence-corrected chi connectivity index (χ0v) is 9.99. The van der Waals surface area contributed by atoms with Crippen LogP contribution in [0.5, 0.6) is 0 Å². The van der Waals surface area contributed by atoms with E-state index in [1.165, 1.54) is 11.6 Å². The number of benzene rings is 1. The highest BCUT2D eigenvalue weighted by Gasteiger charge is 2.21. The molecule has 17 heavy (non-hydrogen) atoms. The molecule has 88 valence electrons. The molecular formula is C14H15NO2. The molecule has 1 aliphatic rings. The monoisotopic (exact) mass is 229 g/mol. The molecule has 0 spiro atoms. The first-order chi connectivity index (χ1) is 8.06. The number of imide groups is 1. The van der Waals surface area contributed by atoms with Crippen molar-refractivity contribution in [2.24, 2.45) is 5.92 Å². The highest BCUT2D eigenvalue weighted by Crippen LogP contribution is 2.19. The number of carbonyl (C=O) groups excluding carboxylic acids is 2. The Kier molecular flexibility index (Phi) is 3.09. The maximum Gasteiger partial charge on any atom is 0.258 e. The fraction of sp³-hybridized carbons (Fsp3) is 0.286. The van der Waals surface area contributed by atoms with Crippen LogP contribution in [0.1, 0.15) is 25.0 Å². The highest BCUT2D eigenvalue weighted by molar-refractivity contribution is 6.33. The Hall–Kier alpha value is -1.90. The van der Waals surface area contributed by atoms with Crippen LogP contribution in [0.25, 0.3) is 5.57 Å². The second-order valence-electron chi connectivity index (χ2n) is 4.67. The molecule has 2 rings (SSSR count). The fourth-order valence-electron chi connectivity index (χ4n) is 1.92. The van der Waals surface area contributed by atoms with Gasteiger partial charge in [0.1, 0.15) is 0 Å². The first-order valence-corrected chi connectivity index (χ1v) is 5.72. The summed E-state index contributed by atoms with van der Waals surface area (Å²) in [5, 5.41) is 2.24. The molecule has 0 atom stereocenters. The van der Waals surface area contributed by atoms with Crippen molar-refractivity contribution < 1.29 is 9.59 Å². The van der Waals surface area contributed by atoms with Gasteiger partial charge in [-0.15, -0.1) is 0 Å². The Morgan fingerprint density at radius 2 is 1.76 bits per heavy atom. The summed E-state index contributed by atoms with van der Waals surface area (Å²) < 4.78 is 0. The van der Waals surface area contributed by atoms with Crippen LogP contribution in [0, 0.1) is 5.92 Å². The topological polar surface area (TPSA) is 46.2 Å².